The average molecular weight is 168 g/mol. The average Bonchev–Trinajstić information content (AvgIpc) is 1.91. The largest absolute Gasteiger partial charge is 0.379 e. The van der Waals surface area contributed by atoms with Crippen molar-refractivity contribution in [3.8, 4) is 0 Å². The van der Waals surface area contributed by atoms with E-state index in [1.807, 2.05) is 0 Å². The van der Waals surface area contributed by atoms with Gasteiger partial charge < -0.3 is 4.74 Å². The first-order valence-corrected chi connectivity index (χ1v) is 4.43. The van der Waals surface area contributed by atoms with E-state index in [0.717, 1.165) is 26.3 Å². The van der Waals surface area contributed by atoms with Gasteiger partial charge in [0.05, 0.1) is 18.4 Å². The van der Waals surface area contributed by atoms with Crippen molar-refractivity contribution >= 4 is 23.5 Å². The maximum Gasteiger partial charge on any atom is 0.0827 e. The van der Waals surface area contributed by atoms with Crippen molar-refractivity contribution in [1.29, 1.82) is 0 Å². The minimum absolute atomic E-state index is 0.653. The fourth-order valence-electron chi connectivity index (χ4n) is 0.745. The highest BCUT2D eigenvalue weighted by molar-refractivity contribution is 7.98. The van der Waals surface area contributed by atoms with Gasteiger partial charge in [-0.3, -0.25) is 0 Å². The summed E-state index contributed by atoms with van der Waals surface area (Å²) in [5, 5.41) is 0.653. The summed E-state index contributed by atoms with van der Waals surface area (Å²) in [7, 11) is 0. The quantitative estimate of drug-likeness (QED) is 0.453. The lowest BCUT2D eigenvalue weighted by Crippen LogP contribution is -2.30. The Bertz CT molecular complexity index is 74.6. The van der Waals surface area contributed by atoms with Crippen LogP contribution in [0.1, 0.15) is 0 Å². The summed E-state index contributed by atoms with van der Waals surface area (Å²) in [5.41, 5.74) is 0. The lowest BCUT2D eigenvalue weighted by Gasteiger charge is -2.24. The first-order valence-electron chi connectivity index (χ1n) is 2.95. The van der Waals surface area contributed by atoms with Crippen LogP contribution in [-0.2, 0) is 4.74 Å². The van der Waals surface area contributed by atoms with Gasteiger partial charge in [-0.2, -0.15) is 0 Å². The van der Waals surface area contributed by atoms with Crippen LogP contribution in [0.4, 0.5) is 0 Å². The van der Waals surface area contributed by atoms with Crippen LogP contribution in [0.2, 0.25) is 0 Å². The van der Waals surface area contributed by atoms with Gasteiger partial charge >= 0.3 is 0 Å². The molecular weight excluding hydrogens is 158 g/mol. The van der Waals surface area contributed by atoms with Gasteiger partial charge in [-0.1, -0.05) is 11.9 Å². The molecule has 0 aliphatic carbocycles. The molecule has 1 aliphatic heterocycles. The first kappa shape index (κ1) is 7.66. The molecule has 54 valence electrons. The second-order valence-corrected chi connectivity index (χ2v) is 3.43. The third kappa shape index (κ3) is 2.76. The van der Waals surface area contributed by atoms with Crippen LogP contribution in [0.15, 0.2) is 0 Å². The van der Waals surface area contributed by atoms with Crippen LogP contribution in [0, 0.1) is 0 Å². The van der Waals surface area contributed by atoms with Gasteiger partial charge in [-0.15, -0.1) is 11.6 Å². The fourth-order valence-corrected chi connectivity index (χ4v) is 1.70. The normalized spacial score (nSPS) is 22.3. The predicted octanol–water partition coefficient (Wildman–Crippen LogP) is 1.16. The van der Waals surface area contributed by atoms with Crippen LogP contribution in [0.5, 0.6) is 0 Å². The highest BCUT2D eigenvalue weighted by Crippen LogP contribution is 2.12. The summed E-state index contributed by atoms with van der Waals surface area (Å²) in [4.78, 5) is 0. The van der Waals surface area contributed by atoms with E-state index in [0.29, 0.717) is 5.21 Å². The SMILES string of the molecule is ClCSN1CCOCC1. The van der Waals surface area contributed by atoms with Crippen LogP contribution in [-0.4, -0.2) is 35.8 Å². The molecular formula is C5H10ClNOS. The van der Waals surface area contributed by atoms with E-state index in [9.17, 15) is 0 Å². The molecule has 0 aromatic heterocycles. The molecule has 0 bridgehead atoms. The summed E-state index contributed by atoms with van der Waals surface area (Å²) >= 11 is 7.19. The molecule has 9 heavy (non-hydrogen) atoms. The van der Waals surface area contributed by atoms with E-state index in [1.54, 1.807) is 11.9 Å². The standard InChI is InChI=1S/C5H10ClNOS/c6-5-9-7-1-3-8-4-2-7/h1-5H2. The molecule has 0 N–H and O–H groups in total. The molecule has 4 heteroatoms. The van der Waals surface area contributed by atoms with Crippen LogP contribution < -0.4 is 0 Å². The number of rotatable bonds is 2. The number of nitrogens with zero attached hydrogens (tertiary/aromatic N) is 1. The van der Waals surface area contributed by atoms with Gasteiger partial charge in [0.1, 0.15) is 0 Å². The van der Waals surface area contributed by atoms with Gasteiger partial charge in [0.15, 0.2) is 0 Å². The number of morpholine rings is 1. The van der Waals surface area contributed by atoms with Crippen molar-refractivity contribution in [1.82, 2.24) is 4.31 Å². The van der Waals surface area contributed by atoms with Crippen molar-refractivity contribution in [3.05, 3.63) is 0 Å². The maximum absolute atomic E-state index is 5.52. The molecule has 1 heterocycles. The Balaban J connectivity index is 2.08. The van der Waals surface area contributed by atoms with E-state index in [4.69, 9.17) is 16.3 Å². The minimum atomic E-state index is 0.653. The van der Waals surface area contributed by atoms with E-state index < -0.39 is 0 Å². The van der Waals surface area contributed by atoms with Gasteiger partial charge in [-0.25, -0.2) is 4.31 Å². The molecule has 0 aromatic rings. The van der Waals surface area contributed by atoms with Crippen molar-refractivity contribution in [2.24, 2.45) is 0 Å². The Hall–Kier alpha value is 0.560. The van der Waals surface area contributed by atoms with Crippen molar-refractivity contribution < 1.29 is 4.74 Å². The highest BCUT2D eigenvalue weighted by Gasteiger charge is 2.08. The zero-order chi connectivity index (χ0) is 6.53. The molecule has 0 unspecified atom stereocenters. The molecule has 0 aromatic carbocycles. The lowest BCUT2D eigenvalue weighted by atomic mass is 10.5. The summed E-state index contributed by atoms with van der Waals surface area (Å²) in [6.07, 6.45) is 0. The number of ether oxygens (including phenoxy) is 1. The minimum Gasteiger partial charge on any atom is -0.379 e. The molecule has 1 aliphatic rings. The maximum atomic E-state index is 5.52. The molecule has 1 saturated heterocycles. The summed E-state index contributed by atoms with van der Waals surface area (Å²) in [6.45, 7) is 3.72. The third-order valence-corrected chi connectivity index (χ3v) is 2.32. The summed E-state index contributed by atoms with van der Waals surface area (Å²) in [5.74, 6) is 0. The molecule has 1 rings (SSSR count). The number of alkyl halides is 1. The molecule has 0 amide bonds. The topological polar surface area (TPSA) is 12.5 Å². The first-order chi connectivity index (χ1) is 4.43. The zero-order valence-electron chi connectivity index (χ0n) is 5.18. The van der Waals surface area contributed by atoms with Gasteiger partial charge in [0, 0.05) is 13.1 Å². The lowest BCUT2D eigenvalue weighted by molar-refractivity contribution is 0.0774. The van der Waals surface area contributed by atoms with Crippen LogP contribution >= 0.6 is 23.5 Å². The molecule has 2 nitrogen and oxygen atoms in total. The molecule has 0 radical (unpaired) electrons. The second-order valence-electron chi connectivity index (χ2n) is 1.78. The Morgan fingerprint density at radius 2 is 2.11 bits per heavy atom. The van der Waals surface area contributed by atoms with Crippen molar-refractivity contribution in [3.63, 3.8) is 0 Å². The number of halogens is 1. The van der Waals surface area contributed by atoms with Gasteiger partial charge in [0.2, 0.25) is 0 Å². The molecule has 0 saturated carbocycles. The van der Waals surface area contributed by atoms with Gasteiger partial charge in [0.25, 0.3) is 0 Å². The Kier molecular flexibility index (Phi) is 3.74. The van der Waals surface area contributed by atoms with Crippen LogP contribution in [0.25, 0.3) is 0 Å². The Morgan fingerprint density at radius 3 is 2.67 bits per heavy atom. The summed E-state index contributed by atoms with van der Waals surface area (Å²) in [6, 6.07) is 0. The monoisotopic (exact) mass is 167 g/mol. The molecule has 0 spiro atoms. The number of hydrogen-bond acceptors (Lipinski definition) is 3. The fraction of sp³-hybridized carbons (Fsp3) is 1.00. The molecule has 1 fully saturated rings. The summed E-state index contributed by atoms with van der Waals surface area (Å²) < 4.78 is 7.38. The molecule has 0 atom stereocenters. The van der Waals surface area contributed by atoms with Crippen molar-refractivity contribution in [2.45, 2.75) is 0 Å². The second kappa shape index (κ2) is 4.39. The van der Waals surface area contributed by atoms with E-state index >= 15 is 0 Å². The van der Waals surface area contributed by atoms with Crippen molar-refractivity contribution in [2.75, 3.05) is 31.5 Å². The van der Waals surface area contributed by atoms with Gasteiger partial charge in [-0.05, 0) is 0 Å². The smallest absolute Gasteiger partial charge is 0.0827 e. The van der Waals surface area contributed by atoms with E-state index in [1.165, 1.54) is 0 Å². The highest BCUT2D eigenvalue weighted by atomic mass is 35.5. The van der Waals surface area contributed by atoms with E-state index in [-0.39, 0.29) is 0 Å². The van der Waals surface area contributed by atoms with Crippen LogP contribution in [0.3, 0.4) is 0 Å². The van der Waals surface area contributed by atoms with E-state index in [2.05, 4.69) is 4.31 Å². The Labute approximate surface area is 64.6 Å². The zero-order valence-corrected chi connectivity index (χ0v) is 6.75. The number of hydrogen-bond donors (Lipinski definition) is 0. The predicted molar refractivity (Wildman–Crippen MR) is 40.7 cm³/mol. The third-order valence-electron chi connectivity index (χ3n) is 1.20. The Morgan fingerprint density at radius 1 is 1.44 bits per heavy atom.